The van der Waals surface area contributed by atoms with Gasteiger partial charge in [-0.1, -0.05) is 6.07 Å². The minimum Gasteiger partial charge on any atom is -0.507 e. The van der Waals surface area contributed by atoms with Crippen LogP contribution in [0, 0.1) is 19.7 Å². The van der Waals surface area contributed by atoms with Crippen LogP contribution in [0.2, 0.25) is 0 Å². The van der Waals surface area contributed by atoms with E-state index in [1.54, 1.807) is 46.8 Å². The zero-order valence-corrected chi connectivity index (χ0v) is 18.2. The van der Waals surface area contributed by atoms with Gasteiger partial charge in [0.1, 0.15) is 11.6 Å². The number of thiol groups is 1. The van der Waals surface area contributed by atoms with Crippen LogP contribution >= 0.6 is 12.6 Å². The molecule has 0 amide bonds. The maximum Gasteiger partial charge on any atom is 0.308 e. The summed E-state index contributed by atoms with van der Waals surface area (Å²) in [6, 6.07) is 6.33. The van der Waals surface area contributed by atoms with Crippen molar-refractivity contribution in [2.45, 2.75) is 51.5 Å². The minimum absolute atomic E-state index is 0.0363. The lowest BCUT2D eigenvalue weighted by Crippen LogP contribution is -2.35. The summed E-state index contributed by atoms with van der Waals surface area (Å²) in [4.78, 5) is 10.3. The van der Waals surface area contributed by atoms with Gasteiger partial charge in [0.05, 0.1) is 23.5 Å². The highest BCUT2D eigenvalue weighted by atomic mass is 32.1. The van der Waals surface area contributed by atoms with Crippen molar-refractivity contribution in [2.24, 2.45) is 5.73 Å². The van der Waals surface area contributed by atoms with Crippen LogP contribution in [0.25, 0.3) is 11.1 Å². The Morgan fingerprint density at radius 3 is 2.34 bits per heavy atom. The summed E-state index contributed by atoms with van der Waals surface area (Å²) in [5.74, 6) is -1.20. The Labute approximate surface area is 176 Å². The monoisotopic (exact) mass is 421 g/mol. The lowest BCUT2D eigenvalue weighted by molar-refractivity contribution is -0.143. The summed E-state index contributed by atoms with van der Waals surface area (Å²) in [7, 11) is 0. The molecule has 2 rings (SSSR count). The van der Waals surface area contributed by atoms with Crippen LogP contribution in [0.4, 0.5) is 4.39 Å². The van der Waals surface area contributed by atoms with Crippen LogP contribution in [-0.4, -0.2) is 22.8 Å². The van der Waals surface area contributed by atoms with Gasteiger partial charge in [0.2, 0.25) is 0 Å². The van der Waals surface area contributed by atoms with Crippen LogP contribution in [0.1, 0.15) is 49.4 Å². The lowest BCUT2D eigenvalue weighted by Gasteiger charge is -2.26. The molecule has 0 unspecified atom stereocenters. The molecule has 0 saturated heterocycles. The molecule has 0 aromatic heterocycles. The Kier molecular flexibility index (Phi) is 6.67. The highest BCUT2D eigenvalue weighted by Gasteiger charge is 2.31. The van der Waals surface area contributed by atoms with E-state index < -0.39 is 22.3 Å². The van der Waals surface area contributed by atoms with Gasteiger partial charge in [-0.05, 0) is 75.1 Å². The molecule has 0 radical (unpaired) electrons. The van der Waals surface area contributed by atoms with Crippen molar-refractivity contribution < 1.29 is 24.1 Å². The van der Waals surface area contributed by atoms with Crippen molar-refractivity contribution in [1.29, 1.82) is 0 Å². The molecule has 4 N–H and O–H groups in total. The number of nitrogens with two attached hydrogens (primary N) is 1. The second-order valence-corrected chi connectivity index (χ2v) is 8.61. The van der Waals surface area contributed by atoms with Crippen molar-refractivity contribution >= 4 is 18.6 Å². The highest BCUT2D eigenvalue weighted by molar-refractivity contribution is 7.81. The lowest BCUT2D eigenvalue weighted by atomic mass is 9.89. The molecule has 2 aromatic rings. The van der Waals surface area contributed by atoms with Gasteiger partial charge in [0.25, 0.3) is 0 Å². The molecule has 7 heteroatoms. The number of phenolic OH excluding ortho intramolecular Hbond substituents is 1. The van der Waals surface area contributed by atoms with Crippen LogP contribution < -0.4 is 5.73 Å². The number of aliphatic hydroxyl groups is 1. The maximum atomic E-state index is 14.9. The second kappa shape index (κ2) is 8.34. The van der Waals surface area contributed by atoms with E-state index in [0.717, 1.165) is 0 Å². The molecule has 0 bridgehead atoms. The van der Waals surface area contributed by atoms with Gasteiger partial charge in [-0.3, -0.25) is 4.79 Å². The predicted octanol–water partition coefficient (Wildman–Crippen LogP) is 4.04. The first kappa shape index (κ1) is 23.2. The Hall–Kier alpha value is -2.09. The first-order valence-electron chi connectivity index (χ1n) is 9.32. The molecule has 0 heterocycles. The van der Waals surface area contributed by atoms with E-state index in [4.69, 9.17) is 10.5 Å². The topological polar surface area (TPSA) is 92.8 Å². The van der Waals surface area contributed by atoms with Crippen molar-refractivity contribution in [2.75, 3.05) is 6.61 Å². The first-order chi connectivity index (χ1) is 13.3. The fourth-order valence-corrected chi connectivity index (χ4v) is 3.55. The summed E-state index contributed by atoms with van der Waals surface area (Å²) in [6.45, 7) is 8.47. The smallest absolute Gasteiger partial charge is 0.308 e. The summed E-state index contributed by atoms with van der Waals surface area (Å²) in [5.41, 5.74) is 7.66. The average molecular weight is 422 g/mol. The molecule has 0 spiro atoms. The summed E-state index contributed by atoms with van der Waals surface area (Å²) in [6.07, 6.45) is -0.313. The standard InChI is InChI=1S/C22H28FNO4S/c1-6-28-18(26)11-22(24,29)16-9-14(7-13(3)20(16)23)19-12(2)8-15(10-17(19)25)21(4,5)27/h7-10,25,27,29H,6,11,24H2,1-5H3/t22-/m0/s1. The van der Waals surface area contributed by atoms with E-state index in [-0.39, 0.29) is 24.3 Å². The van der Waals surface area contributed by atoms with Gasteiger partial charge >= 0.3 is 5.97 Å². The minimum atomic E-state index is -1.59. The molecule has 5 nitrogen and oxygen atoms in total. The Balaban J connectivity index is 2.61. The molecule has 0 aliphatic carbocycles. The fourth-order valence-electron chi connectivity index (χ4n) is 3.25. The number of hydrogen-bond acceptors (Lipinski definition) is 6. The molecule has 0 aliphatic rings. The quantitative estimate of drug-likeness (QED) is 0.321. The van der Waals surface area contributed by atoms with Crippen molar-refractivity contribution in [3.8, 4) is 16.9 Å². The van der Waals surface area contributed by atoms with Crippen LogP contribution in [0.15, 0.2) is 24.3 Å². The summed E-state index contributed by atoms with van der Waals surface area (Å²) >= 11 is 4.33. The number of carbonyl (C=O) groups is 1. The number of ether oxygens (including phenoxy) is 1. The van der Waals surface area contributed by atoms with Gasteiger partial charge in [0.15, 0.2) is 0 Å². The average Bonchev–Trinajstić information content (AvgIpc) is 2.55. The number of benzene rings is 2. The van der Waals surface area contributed by atoms with Crippen LogP contribution in [0.3, 0.4) is 0 Å². The van der Waals surface area contributed by atoms with E-state index in [1.165, 1.54) is 12.1 Å². The summed E-state index contributed by atoms with van der Waals surface area (Å²) < 4.78 is 19.8. The van der Waals surface area contributed by atoms with E-state index >= 15 is 0 Å². The van der Waals surface area contributed by atoms with Crippen LogP contribution in [-0.2, 0) is 20.0 Å². The number of aromatic hydroxyl groups is 1. The van der Waals surface area contributed by atoms with E-state index in [0.29, 0.717) is 27.8 Å². The number of halogens is 1. The number of carbonyl (C=O) groups excluding carboxylic acids is 1. The molecule has 2 aromatic carbocycles. The molecular formula is C22H28FNO4S. The molecule has 1 atom stereocenters. The molecule has 0 aliphatic heterocycles. The first-order valence-corrected chi connectivity index (χ1v) is 9.77. The molecule has 0 fully saturated rings. The van der Waals surface area contributed by atoms with E-state index in [1.807, 2.05) is 0 Å². The molecule has 29 heavy (non-hydrogen) atoms. The molecule has 158 valence electrons. The number of hydrogen-bond donors (Lipinski definition) is 4. The second-order valence-electron chi connectivity index (χ2n) is 7.81. The summed E-state index contributed by atoms with van der Waals surface area (Å²) in [5, 5.41) is 20.9. The largest absolute Gasteiger partial charge is 0.507 e. The Bertz CT molecular complexity index is 912. The van der Waals surface area contributed by atoms with Gasteiger partial charge in [0, 0.05) is 11.1 Å². The predicted molar refractivity (Wildman–Crippen MR) is 114 cm³/mol. The Morgan fingerprint density at radius 2 is 1.83 bits per heavy atom. The molecular weight excluding hydrogens is 393 g/mol. The fraction of sp³-hybridized carbons (Fsp3) is 0.409. The van der Waals surface area contributed by atoms with Gasteiger partial charge in [-0.15, -0.1) is 0 Å². The number of phenols is 1. The van der Waals surface area contributed by atoms with E-state index in [9.17, 15) is 19.4 Å². The Morgan fingerprint density at radius 1 is 1.21 bits per heavy atom. The third-order valence-corrected chi connectivity index (χ3v) is 5.15. The van der Waals surface area contributed by atoms with Crippen molar-refractivity contribution in [1.82, 2.24) is 0 Å². The maximum absolute atomic E-state index is 14.9. The third-order valence-electron chi connectivity index (χ3n) is 4.75. The number of rotatable bonds is 6. The van der Waals surface area contributed by atoms with Gasteiger partial charge in [-0.25, -0.2) is 4.39 Å². The van der Waals surface area contributed by atoms with E-state index in [2.05, 4.69) is 12.6 Å². The molecule has 0 saturated carbocycles. The zero-order valence-electron chi connectivity index (χ0n) is 17.3. The van der Waals surface area contributed by atoms with Crippen molar-refractivity contribution in [3.05, 3.63) is 52.3 Å². The van der Waals surface area contributed by atoms with Crippen molar-refractivity contribution in [3.63, 3.8) is 0 Å². The van der Waals surface area contributed by atoms with Gasteiger partial charge < -0.3 is 20.7 Å². The van der Waals surface area contributed by atoms with Gasteiger partial charge in [-0.2, -0.15) is 12.6 Å². The SMILES string of the molecule is CCOC(=O)C[C@](N)(S)c1cc(-c2c(C)cc(C(C)(C)O)cc2O)cc(C)c1F. The van der Waals surface area contributed by atoms with Crippen LogP contribution in [0.5, 0.6) is 5.75 Å². The third kappa shape index (κ3) is 5.10. The highest BCUT2D eigenvalue weighted by Crippen LogP contribution is 2.40. The number of aryl methyl sites for hydroxylation is 2. The zero-order chi connectivity index (χ0) is 22.1. The number of esters is 1. The normalized spacial score (nSPS) is 13.8.